The van der Waals surface area contributed by atoms with Crippen LogP contribution in [0.3, 0.4) is 0 Å². The van der Waals surface area contributed by atoms with Crippen LogP contribution in [0, 0.1) is 0 Å². The molecular formula is C9H17NO3. The van der Waals surface area contributed by atoms with Crippen LogP contribution in [0.25, 0.3) is 0 Å². The van der Waals surface area contributed by atoms with Gasteiger partial charge >= 0.3 is 5.97 Å². The first-order valence-electron chi connectivity index (χ1n) is 4.33. The van der Waals surface area contributed by atoms with E-state index in [1.165, 1.54) is 7.11 Å². The summed E-state index contributed by atoms with van der Waals surface area (Å²) in [5.41, 5.74) is -0.930. The topological polar surface area (TPSA) is 55.4 Å². The predicted octanol–water partition coefficient (Wildman–Crippen LogP) is 0.854. The Balaban J connectivity index is 4.16. The molecule has 0 aliphatic carbocycles. The zero-order chi connectivity index (χ0) is 10.5. The second-order valence-electron chi connectivity index (χ2n) is 3.41. The highest BCUT2D eigenvalue weighted by Crippen LogP contribution is 2.05. The molecule has 0 fully saturated rings. The smallest absolute Gasteiger partial charge is 0.330 e. The van der Waals surface area contributed by atoms with E-state index in [1.54, 1.807) is 13.8 Å². The van der Waals surface area contributed by atoms with Crippen molar-refractivity contribution in [2.75, 3.05) is 7.11 Å². The average Bonchev–Trinajstić information content (AvgIpc) is 2.02. The fraction of sp³-hybridized carbons (Fsp3) is 0.778. The molecule has 0 aromatic rings. The van der Waals surface area contributed by atoms with Gasteiger partial charge in [-0.3, -0.25) is 4.79 Å². The summed E-state index contributed by atoms with van der Waals surface area (Å²) < 4.78 is 4.54. The molecule has 0 spiro atoms. The van der Waals surface area contributed by atoms with Gasteiger partial charge in [0.2, 0.25) is 5.91 Å². The second kappa shape index (κ2) is 4.84. The zero-order valence-corrected chi connectivity index (χ0v) is 8.64. The predicted molar refractivity (Wildman–Crippen MR) is 49.1 cm³/mol. The molecule has 0 radical (unpaired) electrons. The maximum Gasteiger partial charge on any atom is 0.330 e. The molecule has 0 bridgehead atoms. The Labute approximate surface area is 78.6 Å². The molecule has 1 amide bonds. The molecule has 0 atom stereocenters. The van der Waals surface area contributed by atoms with Crippen LogP contribution in [-0.2, 0) is 14.3 Å². The third-order valence-corrected chi connectivity index (χ3v) is 1.62. The number of rotatable bonds is 4. The van der Waals surface area contributed by atoms with Gasteiger partial charge in [-0.15, -0.1) is 0 Å². The third-order valence-electron chi connectivity index (χ3n) is 1.62. The van der Waals surface area contributed by atoms with Crippen molar-refractivity contribution >= 4 is 11.9 Å². The standard InChI is InChI=1S/C9H17NO3/c1-5-6-7(11)10-9(2,3)8(12)13-4/h5-6H2,1-4H3,(H,10,11). The SMILES string of the molecule is CCCC(=O)NC(C)(C)C(=O)OC. The molecule has 0 aromatic carbocycles. The Morgan fingerprint density at radius 1 is 1.38 bits per heavy atom. The molecule has 0 rings (SSSR count). The molecule has 0 aliphatic rings. The van der Waals surface area contributed by atoms with E-state index in [2.05, 4.69) is 10.1 Å². The van der Waals surface area contributed by atoms with Gasteiger partial charge in [-0.2, -0.15) is 0 Å². The van der Waals surface area contributed by atoms with Crippen molar-refractivity contribution in [1.82, 2.24) is 5.32 Å². The number of methoxy groups -OCH3 is 1. The minimum Gasteiger partial charge on any atom is -0.467 e. The van der Waals surface area contributed by atoms with Gasteiger partial charge in [-0.05, 0) is 20.3 Å². The molecule has 4 heteroatoms. The number of hydrogen-bond acceptors (Lipinski definition) is 3. The summed E-state index contributed by atoms with van der Waals surface area (Å²) in [5.74, 6) is -0.560. The fourth-order valence-electron chi connectivity index (χ4n) is 0.944. The lowest BCUT2D eigenvalue weighted by Gasteiger charge is -2.22. The van der Waals surface area contributed by atoms with Crippen molar-refractivity contribution in [3.05, 3.63) is 0 Å². The average molecular weight is 187 g/mol. The van der Waals surface area contributed by atoms with Gasteiger partial charge in [-0.1, -0.05) is 6.92 Å². The van der Waals surface area contributed by atoms with E-state index < -0.39 is 11.5 Å². The molecule has 0 saturated heterocycles. The minimum atomic E-state index is -0.930. The lowest BCUT2D eigenvalue weighted by atomic mass is 10.1. The Hall–Kier alpha value is -1.06. The molecular weight excluding hydrogens is 170 g/mol. The van der Waals surface area contributed by atoms with E-state index in [0.29, 0.717) is 6.42 Å². The molecule has 0 heterocycles. The second-order valence-corrected chi connectivity index (χ2v) is 3.41. The lowest BCUT2D eigenvalue weighted by molar-refractivity contribution is -0.149. The van der Waals surface area contributed by atoms with E-state index in [4.69, 9.17) is 0 Å². The van der Waals surface area contributed by atoms with Gasteiger partial charge in [0.1, 0.15) is 5.54 Å². The zero-order valence-electron chi connectivity index (χ0n) is 8.64. The number of hydrogen-bond donors (Lipinski definition) is 1. The van der Waals surface area contributed by atoms with Crippen LogP contribution < -0.4 is 5.32 Å². The summed E-state index contributed by atoms with van der Waals surface area (Å²) in [5, 5.41) is 2.59. The Morgan fingerprint density at radius 3 is 2.31 bits per heavy atom. The maximum absolute atomic E-state index is 11.2. The molecule has 0 aliphatic heterocycles. The molecule has 13 heavy (non-hydrogen) atoms. The van der Waals surface area contributed by atoms with Crippen LogP contribution in [0.2, 0.25) is 0 Å². The van der Waals surface area contributed by atoms with Crippen LogP contribution in [0.15, 0.2) is 0 Å². The minimum absolute atomic E-state index is 0.127. The molecule has 76 valence electrons. The van der Waals surface area contributed by atoms with Crippen molar-refractivity contribution in [2.24, 2.45) is 0 Å². The van der Waals surface area contributed by atoms with E-state index in [1.807, 2.05) is 6.92 Å². The Bertz CT molecular complexity index is 199. The lowest BCUT2D eigenvalue weighted by Crippen LogP contribution is -2.50. The number of esters is 1. The van der Waals surface area contributed by atoms with Crippen molar-refractivity contribution in [3.8, 4) is 0 Å². The van der Waals surface area contributed by atoms with Gasteiger partial charge < -0.3 is 10.1 Å². The highest BCUT2D eigenvalue weighted by molar-refractivity contribution is 5.87. The van der Waals surface area contributed by atoms with Crippen LogP contribution in [0.5, 0.6) is 0 Å². The Kier molecular flexibility index (Phi) is 4.45. The summed E-state index contributed by atoms with van der Waals surface area (Å²) in [6.45, 7) is 5.14. The van der Waals surface area contributed by atoms with Crippen LogP contribution in [-0.4, -0.2) is 24.5 Å². The quantitative estimate of drug-likeness (QED) is 0.664. The van der Waals surface area contributed by atoms with Crippen molar-refractivity contribution < 1.29 is 14.3 Å². The number of nitrogens with one attached hydrogen (secondary N) is 1. The highest BCUT2D eigenvalue weighted by Gasteiger charge is 2.29. The number of ether oxygens (including phenoxy) is 1. The molecule has 0 saturated carbocycles. The molecule has 0 aromatic heterocycles. The molecule has 0 unspecified atom stereocenters. The fourth-order valence-corrected chi connectivity index (χ4v) is 0.944. The van der Waals surface area contributed by atoms with E-state index in [9.17, 15) is 9.59 Å². The van der Waals surface area contributed by atoms with Crippen molar-refractivity contribution in [1.29, 1.82) is 0 Å². The van der Waals surface area contributed by atoms with Crippen LogP contribution in [0.1, 0.15) is 33.6 Å². The van der Waals surface area contributed by atoms with E-state index >= 15 is 0 Å². The van der Waals surface area contributed by atoms with E-state index in [-0.39, 0.29) is 5.91 Å². The first-order chi connectivity index (χ1) is 5.94. The van der Waals surface area contributed by atoms with Gasteiger partial charge in [-0.25, -0.2) is 4.79 Å². The van der Waals surface area contributed by atoms with Crippen LogP contribution in [0.4, 0.5) is 0 Å². The first-order valence-corrected chi connectivity index (χ1v) is 4.33. The maximum atomic E-state index is 11.2. The third kappa shape index (κ3) is 3.92. The summed E-state index contributed by atoms with van der Waals surface area (Å²) >= 11 is 0. The number of carbonyl (C=O) groups excluding carboxylic acids is 2. The van der Waals surface area contributed by atoms with Crippen molar-refractivity contribution in [3.63, 3.8) is 0 Å². The Morgan fingerprint density at radius 2 is 1.92 bits per heavy atom. The van der Waals surface area contributed by atoms with Crippen LogP contribution >= 0.6 is 0 Å². The van der Waals surface area contributed by atoms with Gasteiger partial charge in [0.15, 0.2) is 0 Å². The number of carbonyl (C=O) groups is 2. The summed E-state index contributed by atoms with van der Waals surface area (Å²) in [6, 6.07) is 0. The van der Waals surface area contributed by atoms with Gasteiger partial charge in [0.25, 0.3) is 0 Å². The summed E-state index contributed by atoms with van der Waals surface area (Å²) in [6.07, 6.45) is 1.20. The first kappa shape index (κ1) is 11.9. The highest BCUT2D eigenvalue weighted by atomic mass is 16.5. The monoisotopic (exact) mass is 187 g/mol. The van der Waals surface area contributed by atoms with E-state index in [0.717, 1.165) is 6.42 Å². The number of amides is 1. The summed E-state index contributed by atoms with van der Waals surface area (Å²) in [7, 11) is 1.30. The largest absolute Gasteiger partial charge is 0.467 e. The molecule has 4 nitrogen and oxygen atoms in total. The normalized spacial score (nSPS) is 10.8. The summed E-state index contributed by atoms with van der Waals surface area (Å²) in [4.78, 5) is 22.3. The van der Waals surface area contributed by atoms with Gasteiger partial charge in [0, 0.05) is 6.42 Å². The molecule has 1 N–H and O–H groups in total. The van der Waals surface area contributed by atoms with Gasteiger partial charge in [0.05, 0.1) is 7.11 Å². The van der Waals surface area contributed by atoms with Crippen molar-refractivity contribution in [2.45, 2.75) is 39.2 Å².